The van der Waals surface area contributed by atoms with E-state index in [2.05, 4.69) is 9.62 Å². The minimum absolute atomic E-state index is 0.190. The van der Waals surface area contributed by atoms with Crippen molar-refractivity contribution < 1.29 is 17.9 Å². The molecule has 1 amide bonds. The lowest BCUT2D eigenvalue weighted by Crippen LogP contribution is -2.36. The SMILES string of the molecule is O=C(C1CC1)N1CCc2sc(S(=O)(=O)Nc3ccc(N4CCOCC4)cc3)cc2C1. The number of rotatable bonds is 5. The van der Waals surface area contributed by atoms with Gasteiger partial charge in [-0.3, -0.25) is 9.52 Å². The summed E-state index contributed by atoms with van der Waals surface area (Å²) >= 11 is 1.31. The summed E-state index contributed by atoms with van der Waals surface area (Å²) < 4.78 is 34.2. The molecule has 2 aromatic rings. The molecule has 1 saturated carbocycles. The second-order valence-electron chi connectivity index (χ2n) is 8.05. The molecule has 0 spiro atoms. The number of nitrogens with one attached hydrogen (secondary N) is 1. The van der Waals surface area contributed by atoms with Crippen molar-refractivity contribution in [1.29, 1.82) is 0 Å². The van der Waals surface area contributed by atoms with E-state index in [1.807, 2.05) is 17.0 Å². The van der Waals surface area contributed by atoms with Gasteiger partial charge in [0.25, 0.3) is 10.0 Å². The number of nitrogens with zero attached hydrogens (tertiary/aromatic N) is 2. The zero-order valence-electron chi connectivity index (χ0n) is 16.7. The van der Waals surface area contributed by atoms with Gasteiger partial charge in [0.2, 0.25) is 5.91 Å². The fourth-order valence-corrected chi connectivity index (χ4v) is 6.58. The average Bonchev–Trinajstić information content (AvgIpc) is 3.52. The van der Waals surface area contributed by atoms with Crippen LogP contribution in [0.15, 0.2) is 34.5 Å². The Labute approximate surface area is 180 Å². The van der Waals surface area contributed by atoms with E-state index in [0.717, 1.165) is 48.5 Å². The fourth-order valence-electron chi connectivity index (χ4n) is 3.98. The lowest BCUT2D eigenvalue weighted by Gasteiger charge is -2.28. The first-order valence-electron chi connectivity index (χ1n) is 10.4. The number of benzene rings is 1. The molecule has 160 valence electrons. The smallest absolute Gasteiger partial charge is 0.271 e. The molecule has 3 aliphatic rings. The lowest BCUT2D eigenvalue weighted by molar-refractivity contribution is -0.133. The molecule has 0 radical (unpaired) electrons. The van der Waals surface area contributed by atoms with Crippen molar-refractivity contribution in [2.24, 2.45) is 5.92 Å². The third-order valence-electron chi connectivity index (χ3n) is 5.84. The van der Waals surface area contributed by atoms with Gasteiger partial charge in [0.15, 0.2) is 0 Å². The van der Waals surface area contributed by atoms with Crippen LogP contribution in [0.2, 0.25) is 0 Å². The predicted octanol–water partition coefficient (Wildman–Crippen LogP) is 2.68. The van der Waals surface area contributed by atoms with Crippen molar-refractivity contribution in [2.75, 3.05) is 42.5 Å². The van der Waals surface area contributed by atoms with E-state index in [9.17, 15) is 13.2 Å². The number of ether oxygens (including phenoxy) is 1. The number of hydrogen-bond acceptors (Lipinski definition) is 6. The topological polar surface area (TPSA) is 79.0 Å². The van der Waals surface area contributed by atoms with Gasteiger partial charge in [-0.2, -0.15) is 0 Å². The standard InChI is InChI=1S/C21H25N3O4S2/c25-21(15-1-2-15)24-8-7-19-16(14-24)13-20(29-19)30(26,27)22-17-3-5-18(6-4-17)23-9-11-28-12-10-23/h3-6,13,15,22H,1-2,7-12,14H2. The normalized spacial score (nSPS) is 19.5. The lowest BCUT2D eigenvalue weighted by atomic mass is 10.1. The third-order valence-corrected chi connectivity index (χ3v) is 8.93. The highest BCUT2D eigenvalue weighted by molar-refractivity contribution is 7.94. The summed E-state index contributed by atoms with van der Waals surface area (Å²) in [5.74, 6) is 0.408. The first-order valence-corrected chi connectivity index (χ1v) is 12.7. The van der Waals surface area contributed by atoms with Gasteiger partial charge in [0, 0.05) is 48.3 Å². The zero-order chi connectivity index (χ0) is 20.7. The summed E-state index contributed by atoms with van der Waals surface area (Å²) in [7, 11) is -3.66. The van der Waals surface area contributed by atoms with Crippen LogP contribution in [-0.4, -0.2) is 52.1 Å². The van der Waals surface area contributed by atoms with Crippen LogP contribution in [0.1, 0.15) is 23.3 Å². The highest BCUT2D eigenvalue weighted by atomic mass is 32.2. The van der Waals surface area contributed by atoms with Gasteiger partial charge in [0.1, 0.15) is 4.21 Å². The molecule has 3 heterocycles. The maximum Gasteiger partial charge on any atom is 0.271 e. The molecule has 1 aromatic carbocycles. The van der Waals surface area contributed by atoms with E-state index in [1.165, 1.54) is 11.3 Å². The molecular weight excluding hydrogens is 422 g/mol. The molecule has 1 N–H and O–H groups in total. The van der Waals surface area contributed by atoms with E-state index in [1.54, 1.807) is 18.2 Å². The molecule has 0 atom stereocenters. The number of amides is 1. The minimum atomic E-state index is -3.66. The molecule has 2 aliphatic heterocycles. The van der Waals surface area contributed by atoms with Crippen molar-refractivity contribution in [2.45, 2.75) is 30.0 Å². The highest BCUT2D eigenvalue weighted by Crippen LogP contribution is 2.36. The number of carbonyl (C=O) groups excluding carboxylic acids is 1. The third kappa shape index (κ3) is 4.06. The number of fused-ring (bicyclic) bond motifs is 1. The number of sulfonamides is 1. The summed E-state index contributed by atoms with van der Waals surface area (Å²) in [4.78, 5) is 17.5. The molecule has 1 saturated heterocycles. The molecule has 9 heteroatoms. The van der Waals surface area contributed by atoms with Crippen LogP contribution in [-0.2, 0) is 32.5 Å². The molecule has 30 heavy (non-hydrogen) atoms. The first-order chi connectivity index (χ1) is 14.5. The summed E-state index contributed by atoms with van der Waals surface area (Å²) in [6, 6.07) is 9.20. The Morgan fingerprint density at radius 3 is 2.53 bits per heavy atom. The molecular formula is C21H25N3O4S2. The zero-order valence-corrected chi connectivity index (χ0v) is 18.3. The van der Waals surface area contributed by atoms with E-state index >= 15 is 0 Å². The van der Waals surface area contributed by atoms with Gasteiger partial charge in [0.05, 0.1) is 13.2 Å². The molecule has 2 fully saturated rings. The molecule has 1 aromatic heterocycles. The van der Waals surface area contributed by atoms with Gasteiger partial charge in [-0.15, -0.1) is 11.3 Å². The Morgan fingerprint density at radius 1 is 1.10 bits per heavy atom. The van der Waals surface area contributed by atoms with Crippen molar-refractivity contribution in [3.8, 4) is 0 Å². The maximum atomic E-state index is 12.9. The second kappa shape index (κ2) is 7.86. The van der Waals surface area contributed by atoms with E-state index in [4.69, 9.17) is 4.74 Å². The minimum Gasteiger partial charge on any atom is -0.378 e. The van der Waals surface area contributed by atoms with Crippen molar-refractivity contribution >= 4 is 38.6 Å². The maximum absolute atomic E-state index is 12.9. The summed E-state index contributed by atoms with van der Waals surface area (Å²) in [6.45, 7) is 4.30. The molecule has 0 unspecified atom stereocenters. The molecule has 0 bridgehead atoms. The molecule has 7 nitrogen and oxygen atoms in total. The highest BCUT2D eigenvalue weighted by Gasteiger charge is 2.35. The largest absolute Gasteiger partial charge is 0.378 e. The Morgan fingerprint density at radius 2 is 1.83 bits per heavy atom. The predicted molar refractivity (Wildman–Crippen MR) is 116 cm³/mol. The van der Waals surface area contributed by atoms with Crippen molar-refractivity contribution in [3.05, 3.63) is 40.8 Å². The van der Waals surface area contributed by atoms with Crippen molar-refractivity contribution in [3.63, 3.8) is 0 Å². The number of morpholine rings is 1. The van der Waals surface area contributed by atoms with Crippen LogP contribution in [0, 0.1) is 5.92 Å². The van der Waals surface area contributed by atoms with Crippen LogP contribution >= 0.6 is 11.3 Å². The summed E-state index contributed by atoms with van der Waals surface area (Å²) in [5, 5.41) is 0. The number of thiophene rings is 1. The van der Waals surface area contributed by atoms with Gasteiger partial charge in [-0.25, -0.2) is 8.42 Å². The van der Waals surface area contributed by atoms with E-state index in [0.29, 0.717) is 36.2 Å². The van der Waals surface area contributed by atoms with Gasteiger partial charge >= 0.3 is 0 Å². The van der Waals surface area contributed by atoms with E-state index in [-0.39, 0.29) is 11.8 Å². The quantitative estimate of drug-likeness (QED) is 0.762. The van der Waals surface area contributed by atoms with Gasteiger partial charge < -0.3 is 14.5 Å². The van der Waals surface area contributed by atoms with Gasteiger partial charge in [-0.1, -0.05) is 0 Å². The Bertz CT molecular complexity index is 1040. The fraction of sp³-hybridized carbons (Fsp3) is 0.476. The van der Waals surface area contributed by atoms with Crippen LogP contribution in [0.4, 0.5) is 11.4 Å². The number of carbonyl (C=O) groups is 1. The van der Waals surface area contributed by atoms with Crippen LogP contribution in [0.5, 0.6) is 0 Å². The summed E-state index contributed by atoms with van der Waals surface area (Å²) in [6.07, 6.45) is 2.70. The number of anilines is 2. The van der Waals surface area contributed by atoms with E-state index < -0.39 is 10.0 Å². The van der Waals surface area contributed by atoms with Crippen LogP contribution < -0.4 is 9.62 Å². The Kier molecular flexibility index (Phi) is 5.20. The average molecular weight is 448 g/mol. The first kappa shape index (κ1) is 19.8. The molecule has 5 rings (SSSR count). The monoisotopic (exact) mass is 447 g/mol. The summed E-state index contributed by atoms with van der Waals surface area (Å²) in [5.41, 5.74) is 2.57. The van der Waals surface area contributed by atoms with Crippen molar-refractivity contribution in [1.82, 2.24) is 4.90 Å². The second-order valence-corrected chi connectivity index (χ2v) is 11.1. The molecule has 1 aliphatic carbocycles. The Balaban J connectivity index is 1.28. The Hall–Kier alpha value is -2.10. The van der Waals surface area contributed by atoms with Crippen LogP contribution in [0.3, 0.4) is 0 Å². The van der Waals surface area contributed by atoms with Gasteiger partial charge in [-0.05, 0) is 55.2 Å². The number of hydrogen-bond donors (Lipinski definition) is 1. The van der Waals surface area contributed by atoms with Crippen LogP contribution in [0.25, 0.3) is 0 Å².